The largest absolute Gasteiger partial charge is 0.304 e. The van der Waals surface area contributed by atoms with Gasteiger partial charge in [0.25, 0.3) is 0 Å². The summed E-state index contributed by atoms with van der Waals surface area (Å²) in [5.74, 6) is 0. The van der Waals surface area contributed by atoms with Gasteiger partial charge in [-0.25, -0.2) is 0 Å². The van der Waals surface area contributed by atoms with Crippen LogP contribution in [0.5, 0.6) is 0 Å². The number of pyridine rings is 1. The SMILES string of the molecule is C=Cc1ccnc(C)c1.CC=O. The molecule has 0 saturated carbocycles. The fourth-order valence-corrected chi connectivity index (χ4v) is 0.694. The molecule has 12 heavy (non-hydrogen) atoms. The van der Waals surface area contributed by atoms with Gasteiger partial charge in [0.1, 0.15) is 6.29 Å². The van der Waals surface area contributed by atoms with E-state index in [2.05, 4.69) is 11.6 Å². The maximum Gasteiger partial charge on any atom is 0.116 e. The Morgan fingerprint density at radius 3 is 2.50 bits per heavy atom. The fourth-order valence-electron chi connectivity index (χ4n) is 0.694. The maximum atomic E-state index is 8.81. The van der Waals surface area contributed by atoms with Crippen LogP contribution in [0.4, 0.5) is 0 Å². The van der Waals surface area contributed by atoms with Gasteiger partial charge >= 0.3 is 0 Å². The highest BCUT2D eigenvalue weighted by Crippen LogP contribution is 2.00. The molecule has 0 bridgehead atoms. The molecule has 0 saturated heterocycles. The van der Waals surface area contributed by atoms with Crippen LogP contribution in [0.2, 0.25) is 0 Å². The van der Waals surface area contributed by atoms with E-state index in [4.69, 9.17) is 4.79 Å². The van der Waals surface area contributed by atoms with Crippen LogP contribution in [-0.4, -0.2) is 11.3 Å². The van der Waals surface area contributed by atoms with Gasteiger partial charge in [-0.15, -0.1) is 0 Å². The number of nitrogens with zero attached hydrogens (tertiary/aromatic N) is 1. The number of hydrogen-bond donors (Lipinski definition) is 0. The summed E-state index contributed by atoms with van der Waals surface area (Å²) in [5, 5.41) is 0. The van der Waals surface area contributed by atoms with Gasteiger partial charge in [-0.2, -0.15) is 0 Å². The number of rotatable bonds is 1. The van der Waals surface area contributed by atoms with E-state index in [-0.39, 0.29) is 0 Å². The second-order valence-corrected chi connectivity index (χ2v) is 2.17. The Labute approximate surface area is 73.0 Å². The number of aromatic nitrogens is 1. The second-order valence-electron chi connectivity index (χ2n) is 2.17. The highest BCUT2D eigenvalue weighted by Gasteiger charge is 1.84. The Kier molecular flexibility index (Phi) is 5.53. The highest BCUT2D eigenvalue weighted by atomic mass is 16.1. The zero-order chi connectivity index (χ0) is 9.40. The molecular formula is C10H13NO. The smallest absolute Gasteiger partial charge is 0.116 e. The van der Waals surface area contributed by atoms with Crippen LogP contribution in [0.15, 0.2) is 24.9 Å². The average molecular weight is 163 g/mol. The lowest BCUT2D eigenvalue weighted by molar-refractivity contribution is -0.106. The lowest BCUT2D eigenvalue weighted by atomic mass is 10.2. The molecule has 1 aromatic rings. The minimum absolute atomic E-state index is 0.750. The Balaban J connectivity index is 0.000000354. The number of carbonyl (C=O) groups is 1. The molecule has 0 spiro atoms. The van der Waals surface area contributed by atoms with Crippen LogP contribution in [0.25, 0.3) is 6.08 Å². The normalized spacial score (nSPS) is 7.83. The Hall–Kier alpha value is -1.44. The molecule has 2 nitrogen and oxygen atoms in total. The van der Waals surface area contributed by atoms with E-state index in [1.165, 1.54) is 6.92 Å². The molecule has 0 aliphatic rings. The third kappa shape index (κ3) is 4.39. The predicted octanol–water partition coefficient (Wildman–Crippen LogP) is 2.24. The Bertz CT molecular complexity index is 256. The van der Waals surface area contributed by atoms with Gasteiger partial charge < -0.3 is 4.79 Å². The standard InChI is InChI=1S/C8H9N.C2H4O/c1-3-8-4-5-9-7(2)6-8;1-2-3/h3-6H,1H2,2H3;2H,1H3. The van der Waals surface area contributed by atoms with Crippen molar-refractivity contribution in [1.29, 1.82) is 0 Å². The molecular weight excluding hydrogens is 150 g/mol. The minimum Gasteiger partial charge on any atom is -0.304 e. The maximum absolute atomic E-state index is 8.81. The molecule has 0 aliphatic heterocycles. The van der Waals surface area contributed by atoms with Gasteiger partial charge in [-0.1, -0.05) is 12.7 Å². The van der Waals surface area contributed by atoms with E-state index in [0.717, 1.165) is 17.5 Å². The van der Waals surface area contributed by atoms with Crippen LogP contribution >= 0.6 is 0 Å². The molecule has 0 aliphatic carbocycles. The molecule has 0 aromatic carbocycles. The molecule has 0 radical (unpaired) electrons. The van der Waals surface area contributed by atoms with Gasteiger partial charge in [0.2, 0.25) is 0 Å². The molecule has 1 rings (SSSR count). The molecule has 64 valence electrons. The molecule has 0 fully saturated rings. The Morgan fingerprint density at radius 1 is 1.58 bits per heavy atom. The van der Waals surface area contributed by atoms with Gasteiger partial charge in [-0.3, -0.25) is 4.98 Å². The van der Waals surface area contributed by atoms with Crippen molar-refractivity contribution in [1.82, 2.24) is 4.98 Å². The fraction of sp³-hybridized carbons (Fsp3) is 0.200. The van der Waals surface area contributed by atoms with Crippen LogP contribution in [0.1, 0.15) is 18.2 Å². The first kappa shape index (κ1) is 10.6. The third-order valence-electron chi connectivity index (χ3n) is 1.16. The van der Waals surface area contributed by atoms with E-state index >= 15 is 0 Å². The van der Waals surface area contributed by atoms with E-state index in [1.807, 2.05) is 25.1 Å². The number of hydrogen-bond acceptors (Lipinski definition) is 2. The first-order valence-electron chi connectivity index (χ1n) is 3.69. The van der Waals surface area contributed by atoms with Crippen molar-refractivity contribution in [3.8, 4) is 0 Å². The Morgan fingerprint density at radius 2 is 2.17 bits per heavy atom. The molecule has 2 heteroatoms. The van der Waals surface area contributed by atoms with Gasteiger partial charge in [0.05, 0.1) is 0 Å². The number of aldehydes is 1. The van der Waals surface area contributed by atoms with Gasteiger partial charge in [0.15, 0.2) is 0 Å². The summed E-state index contributed by atoms with van der Waals surface area (Å²) < 4.78 is 0. The predicted molar refractivity (Wildman–Crippen MR) is 50.8 cm³/mol. The molecule has 1 aromatic heterocycles. The van der Waals surface area contributed by atoms with Gasteiger partial charge in [0, 0.05) is 11.9 Å². The lowest BCUT2D eigenvalue weighted by Gasteiger charge is -1.91. The van der Waals surface area contributed by atoms with E-state index in [0.29, 0.717) is 0 Å². The summed E-state index contributed by atoms with van der Waals surface area (Å²) in [6, 6.07) is 3.92. The van der Waals surface area contributed by atoms with Crippen molar-refractivity contribution in [2.24, 2.45) is 0 Å². The topological polar surface area (TPSA) is 30.0 Å². The van der Waals surface area contributed by atoms with Crippen LogP contribution in [0.3, 0.4) is 0 Å². The lowest BCUT2D eigenvalue weighted by Crippen LogP contribution is -1.78. The zero-order valence-corrected chi connectivity index (χ0v) is 7.45. The third-order valence-corrected chi connectivity index (χ3v) is 1.16. The van der Waals surface area contributed by atoms with Crippen molar-refractivity contribution in [2.75, 3.05) is 0 Å². The summed E-state index contributed by atoms with van der Waals surface area (Å²) in [5.41, 5.74) is 2.16. The number of aryl methyl sites for hydroxylation is 1. The number of carbonyl (C=O) groups excluding carboxylic acids is 1. The van der Waals surface area contributed by atoms with E-state index < -0.39 is 0 Å². The molecule has 0 N–H and O–H groups in total. The summed E-state index contributed by atoms with van der Waals surface area (Å²) in [7, 11) is 0. The average Bonchev–Trinajstić information content (AvgIpc) is 2.06. The first-order chi connectivity index (χ1) is 5.74. The van der Waals surface area contributed by atoms with Crippen molar-refractivity contribution in [2.45, 2.75) is 13.8 Å². The van der Waals surface area contributed by atoms with Crippen molar-refractivity contribution in [3.63, 3.8) is 0 Å². The zero-order valence-electron chi connectivity index (χ0n) is 7.45. The molecule has 1 heterocycles. The first-order valence-corrected chi connectivity index (χ1v) is 3.69. The summed E-state index contributed by atoms with van der Waals surface area (Å²) >= 11 is 0. The molecule has 0 atom stereocenters. The molecule has 0 unspecified atom stereocenters. The summed E-state index contributed by atoms with van der Waals surface area (Å²) in [6.07, 6.45) is 4.35. The van der Waals surface area contributed by atoms with E-state index in [1.54, 1.807) is 6.20 Å². The highest BCUT2D eigenvalue weighted by molar-refractivity contribution is 5.46. The minimum atomic E-state index is 0.750. The van der Waals surface area contributed by atoms with Crippen LogP contribution in [0, 0.1) is 6.92 Å². The quantitative estimate of drug-likeness (QED) is 0.594. The van der Waals surface area contributed by atoms with Crippen LogP contribution in [-0.2, 0) is 4.79 Å². The van der Waals surface area contributed by atoms with Crippen LogP contribution < -0.4 is 0 Å². The summed E-state index contributed by atoms with van der Waals surface area (Å²) in [4.78, 5) is 12.8. The second kappa shape index (κ2) is 6.28. The summed E-state index contributed by atoms with van der Waals surface area (Å²) in [6.45, 7) is 7.05. The van der Waals surface area contributed by atoms with Crippen molar-refractivity contribution >= 4 is 12.4 Å². The monoisotopic (exact) mass is 163 g/mol. The van der Waals surface area contributed by atoms with Crippen molar-refractivity contribution in [3.05, 3.63) is 36.2 Å². The van der Waals surface area contributed by atoms with Crippen molar-refractivity contribution < 1.29 is 4.79 Å². The van der Waals surface area contributed by atoms with E-state index in [9.17, 15) is 0 Å². The van der Waals surface area contributed by atoms with Gasteiger partial charge in [-0.05, 0) is 31.5 Å². The molecule has 0 amide bonds.